The van der Waals surface area contributed by atoms with Crippen molar-refractivity contribution in [1.82, 2.24) is 10.6 Å². The van der Waals surface area contributed by atoms with Crippen molar-refractivity contribution in [2.24, 2.45) is 0 Å². The maximum atomic E-state index is 11.8. The largest absolute Gasteiger partial charge is 0.399 e. The number of nitrogens with two attached hydrogens (primary N) is 1. The van der Waals surface area contributed by atoms with Gasteiger partial charge in [-0.15, -0.1) is 11.3 Å². The van der Waals surface area contributed by atoms with Crippen LogP contribution in [0.1, 0.15) is 20.1 Å². The number of thiophene rings is 1. The first-order valence-corrected chi connectivity index (χ1v) is 7.32. The van der Waals surface area contributed by atoms with Crippen LogP contribution in [0.15, 0.2) is 36.4 Å². The standard InChI is InChI=1S/C15H17N3O2S/c1-10-2-7-13(21-10)8-17-14(19)9-18-15(20)11-3-5-12(16)6-4-11/h2-7H,8-9,16H2,1H3,(H,17,19)(H,18,20). The van der Waals surface area contributed by atoms with Crippen LogP contribution >= 0.6 is 11.3 Å². The van der Waals surface area contributed by atoms with E-state index in [2.05, 4.69) is 10.6 Å². The maximum Gasteiger partial charge on any atom is 0.251 e. The summed E-state index contributed by atoms with van der Waals surface area (Å²) in [6.07, 6.45) is 0. The molecule has 1 heterocycles. The third-order valence-electron chi connectivity index (χ3n) is 2.84. The van der Waals surface area contributed by atoms with Crippen LogP contribution in [0, 0.1) is 6.92 Å². The Bertz CT molecular complexity index is 635. The molecule has 0 spiro atoms. The first kappa shape index (κ1) is 15.1. The number of carbonyl (C=O) groups is 2. The van der Waals surface area contributed by atoms with E-state index in [1.807, 2.05) is 19.1 Å². The van der Waals surface area contributed by atoms with E-state index in [1.165, 1.54) is 4.88 Å². The van der Waals surface area contributed by atoms with E-state index in [0.29, 0.717) is 17.8 Å². The molecule has 0 saturated carbocycles. The van der Waals surface area contributed by atoms with Gasteiger partial charge in [0.15, 0.2) is 0 Å². The van der Waals surface area contributed by atoms with Crippen molar-refractivity contribution in [3.63, 3.8) is 0 Å². The molecule has 0 saturated heterocycles. The second kappa shape index (κ2) is 6.90. The SMILES string of the molecule is Cc1ccc(CNC(=O)CNC(=O)c2ccc(N)cc2)s1. The van der Waals surface area contributed by atoms with Crippen LogP contribution in [0.5, 0.6) is 0 Å². The van der Waals surface area contributed by atoms with Gasteiger partial charge in [0, 0.05) is 21.0 Å². The first-order valence-electron chi connectivity index (χ1n) is 6.50. The smallest absolute Gasteiger partial charge is 0.251 e. The first-order chi connectivity index (χ1) is 10.0. The lowest BCUT2D eigenvalue weighted by Gasteiger charge is -2.06. The minimum absolute atomic E-state index is 0.0480. The van der Waals surface area contributed by atoms with Gasteiger partial charge in [-0.3, -0.25) is 9.59 Å². The van der Waals surface area contributed by atoms with Gasteiger partial charge in [0.25, 0.3) is 5.91 Å². The summed E-state index contributed by atoms with van der Waals surface area (Å²) in [5.41, 5.74) is 6.62. The second-order valence-corrected chi connectivity index (χ2v) is 5.97. The molecule has 5 nitrogen and oxygen atoms in total. The van der Waals surface area contributed by atoms with Crippen LogP contribution in [0.2, 0.25) is 0 Å². The fourth-order valence-electron chi connectivity index (χ4n) is 1.73. The molecule has 2 amide bonds. The number of amides is 2. The van der Waals surface area contributed by atoms with Crippen LogP contribution in [0.25, 0.3) is 0 Å². The molecule has 0 radical (unpaired) electrons. The Morgan fingerprint density at radius 2 is 1.81 bits per heavy atom. The Morgan fingerprint density at radius 3 is 2.43 bits per heavy atom. The normalized spacial score (nSPS) is 10.1. The summed E-state index contributed by atoms with van der Waals surface area (Å²) >= 11 is 1.64. The third-order valence-corrected chi connectivity index (χ3v) is 3.84. The summed E-state index contributed by atoms with van der Waals surface area (Å²) in [6.45, 7) is 2.45. The van der Waals surface area contributed by atoms with Gasteiger partial charge in [0.2, 0.25) is 5.91 Å². The molecular weight excluding hydrogens is 286 g/mol. The fraction of sp³-hybridized carbons (Fsp3) is 0.200. The number of rotatable bonds is 5. The van der Waals surface area contributed by atoms with Crippen LogP contribution in [-0.4, -0.2) is 18.4 Å². The zero-order chi connectivity index (χ0) is 15.2. The number of anilines is 1. The topological polar surface area (TPSA) is 84.2 Å². The van der Waals surface area contributed by atoms with Crippen molar-refractivity contribution >= 4 is 28.8 Å². The molecule has 0 fully saturated rings. The number of carbonyl (C=O) groups excluding carboxylic acids is 2. The lowest BCUT2D eigenvalue weighted by Crippen LogP contribution is -2.36. The van der Waals surface area contributed by atoms with Crippen molar-refractivity contribution in [1.29, 1.82) is 0 Å². The molecule has 0 atom stereocenters. The number of nitrogen functional groups attached to an aromatic ring is 1. The average Bonchev–Trinajstić information content (AvgIpc) is 2.89. The molecule has 0 bridgehead atoms. The highest BCUT2D eigenvalue weighted by Gasteiger charge is 2.08. The Morgan fingerprint density at radius 1 is 1.10 bits per heavy atom. The Kier molecular flexibility index (Phi) is 4.94. The van der Waals surface area contributed by atoms with Gasteiger partial charge in [-0.2, -0.15) is 0 Å². The van der Waals surface area contributed by atoms with Crippen LogP contribution in [-0.2, 0) is 11.3 Å². The molecule has 1 aromatic carbocycles. The van der Waals surface area contributed by atoms with E-state index in [4.69, 9.17) is 5.73 Å². The van der Waals surface area contributed by atoms with Gasteiger partial charge < -0.3 is 16.4 Å². The quantitative estimate of drug-likeness (QED) is 0.735. The molecule has 4 N–H and O–H groups in total. The van der Waals surface area contributed by atoms with Gasteiger partial charge in [0.05, 0.1) is 13.1 Å². The summed E-state index contributed by atoms with van der Waals surface area (Å²) in [6, 6.07) is 10.5. The van der Waals surface area contributed by atoms with Crippen molar-refractivity contribution < 1.29 is 9.59 Å². The zero-order valence-electron chi connectivity index (χ0n) is 11.7. The molecule has 21 heavy (non-hydrogen) atoms. The second-order valence-electron chi connectivity index (χ2n) is 4.59. The van der Waals surface area contributed by atoms with E-state index in [-0.39, 0.29) is 18.4 Å². The molecule has 2 rings (SSSR count). The van der Waals surface area contributed by atoms with Gasteiger partial charge >= 0.3 is 0 Å². The minimum Gasteiger partial charge on any atom is -0.399 e. The number of aryl methyl sites for hydroxylation is 1. The van der Waals surface area contributed by atoms with E-state index >= 15 is 0 Å². The highest BCUT2D eigenvalue weighted by atomic mass is 32.1. The number of benzene rings is 1. The molecule has 6 heteroatoms. The van der Waals surface area contributed by atoms with Gasteiger partial charge in [-0.1, -0.05) is 0 Å². The highest BCUT2D eigenvalue weighted by Crippen LogP contribution is 2.14. The predicted octanol–water partition coefficient (Wildman–Crippen LogP) is 1.68. The fourth-order valence-corrected chi connectivity index (χ4v) is 2.56. The van der Waals surface area contributed by atoms with Crippen molar-refractivity contribution in [2.75, 3.05) is 12.3 Å². The van der Waals surface area contributed by atoms with Crippen LogP contribution < -0.4 is 16.4 Å². The lowest BCUT2D eigenvalue weighted by atomic mass is 10.2. The van der Waals surface area contributed by atoms with Crippen molar-refractivity contribution in [3.05, 3.63) is 51.7 Å². The Hall–Kier alpha value is -2.34. The molecule has 0 unspecified atom stereocenters. The number of nitrogens with one attached hydrogen (secondary N) is 2. The average molecular weight is 303 g/mol. The van der Waals surface area contributed by atoms with E-state index < -0.39 is 0 Å². The summed E-state index contributed by atoms with van der Waals surface area (Å²) in [5, 5.41) is 5.34. The monoisotopic (exact) mass is 303 g/mol. The summed E-state index contributed by atoms with van der Waals surface area (Å²) in [4.78, 5) is 25.8. The minimum atomic E-state index is -0.294. The van der Waals surface area contributed by atoms with E-state index in [9.17, 15) is 9.59 Å². The van der Waals surface area contributed by atoms with E-state index in [0.717, 1.165) is 4.88 Å². The molecule has 2 aromatic rings. The Labute approximate surface area is 127 Å². The van der Waals surface area contributed by atoms with Gasteiger partial charge in [0.1, 0.15) is 0 Å². The lowest BCUT2D eigenvalue weighted by molar-refractivity contribution is -0.120. The predicted molar refractivity (Wildman–Crippen MR) is 84.1 cm³/mol. The van der Waals surface area contributed by atoms with E-state index in [1.54, 1.807) is 35.6 Å². The molecule has 1 aromatic heterocycles. The van der Waals surface area contributed by atoms with Crippen molar-refractivity contribution in [3.8, 4) is 0 Å². The van der Waals surface area contributed by atoms with Crippen LogP contribution in [0.4, 0.5) is 5.69 Å². The number of hydrogen-bond acceptors (Lipinski definition) is 4. The molecular formula is C15H17N3O2S. The Balaban J connectivity index is 1.75. The highest BCUT2D eigenvalue weighted by molar-refractivity contribution is 7.11. The summed E-state index contributed by atoms with van der Waals surface area (Å²) < 4.78 is 0. The molecule has 0 aliphatic rings. The van der Waals surface area contributed by atoms with Gasteiger partial charge in [-0.25, -0.2) is 0 Å². The molecule has 110 valence electrons. The van der Waals surface area contributed by atoms with Gasteiger partial charge in [-0.05, 0) is 43.3 Å². The van der Waals surface area contributed by atoms with Crippen LogP contribution in [0.3, 0.4) is 0 Å². The van der Waals surface area contributed by atoms with Crippen molar-refractivity contribution in [2.45, 2.75) is 13.5 Å². The third kappa shape index (κ3) is 4.61. The summed E-state index contributed by atoms with van der Waals surface area (Å²) in [5.74, 6) is -0.512. The molecule has 0 aliphatic carbocycles. The summed E-state index contributed by atoms with van der Waals surface area (Å²) in [7, 11) is 0. The number of hydrogen-bond donors (Lipinski definition) is 3. The maximum absolute atomic E-state index is 11.8. The molecule has 0 aliphatic heterocycles. The zero-order valence-corrected chi connectivity index (χ0v) is 12.5.